The molecule has 0 bridgehead atoms. The quantitative estimate of drug-likeness (QED) is 0.0455. The number of aromatic nitrogens is 2. The summed E-state index contributed by atoms with van der Waals surface area (Å²) >= 11 is 0. The van der Waals surface area contributed by atoms with Crippen LogP contribution in [0.4, 0.5) is 34.1 Å². The first kappa shape index (κ1) is 95.7. The molecule has 0 radical (unpaired) electrons. The Labute approximate surface area is 872 Å². The molecule has 2 aromatic heterocycles. The van der Waals surface area contributed by atoms with E-state index in [0.29, 0.717) is 0 Å². The molecule has 4 nitrogen and oxygen atoms in total. The van der Waals surface area contributed by atoms with Gasteiger partial charge in [-0.15, -0.1) is 0 Å². The van der Waals surface area contributed by atoms with E-state index < -0.39 is 10.8 Å². The Kier molecular flexibility index (Phi) is 24.9. The van der Waals surface area contributed by atoms with Crippen molar-refractivity contribution in [3.05, 3.63) is 490 Å². The van der Waals surface area contributed by atoms with Gasteiger partial charge in [-0.3, -0.25) is 0 Å². The summed E-state index contributed by atoms with van der Waals surface area (Å²) in [6.45, 7) is 32.4. The van der Waals surface area contributed by atoms with Crippen LogP contribution in [-0.2, 0) is 37.9 Å². The van der Waals surface area contributed by atoms with E-state index in [1.165, 1.54) is 239 Å². The second-order valence-corrected chi connectivity index (χ2v) is 46.5. The summed E-state index contributed by atoms with van der Waals surface area (Å²) in [5.41, 5.74) is 42.9. The number of rotatable bonds is 28. The highest BCUT2D eigenvalue weighted by atomic mass is 15.1. The number of nitrogens with zero attached hydrogens (tertiary/aromatic N) is 4. The highest BCUT2D eigenvalue weighted by Gasteiger charge is 2.50. The van der Waals surface area contributed by atoms with Crippen molar-refractivity contribution in [2.24, 2.45) is 0 Å². The van der Waals surface area contributed by atoms with Gasteiger partial charge in [0.25, 0.3) is 0 Å². The van der Waals surface area contributed by atoms with Gasteiger partial charge in [-0.2, -0.15) is 0 Å². The Morgan fingerprint density at radius 2 is 0.469 bits per heavy atom. The molecule has 0 spiro atoms. The molecule has 147 heavy (non-hydrogen) atoms. The average molecular weight is 1910 g/mol. The van der Waals surface area contributed by atoms with Crippen molar-refractivity contribution in [3.8, 4) is 67.0 Å². The van der Waals surface area contributed by atoms with Gasteiger partial charge in [0.05, 0.1) is 32.9 Å². The van der Waals surface area contributed by atoms with Gasteiger partial charge in [-0.05, 0) is 320 Å². The van der Waals surface area contributed by atoms with Gasteiger partial charge in [0.2, 0.25) is 0 Å². The van der Waals surface area contributed by atoms with E-state index in [-0.39, 0.29) is 27.1 Å². The van der Waals surface area contributed by atoms with E-state index in [1.54, 1.807) is 5.56 Å². The van der Waals surface area contributed by atoms with Gasteiger partial charge in [-0.1, -0.05) is 435 Å². The lowest BCUT2D eigenvalue weighted by Crippen LogP contribution is -2.28. The normalized spacial score (nSPS) is 13.8. The highest BCUT2D eigenvalue weighted by molar-refractivity contribution is 6.12. The third kappa shape index (κ3) is 16.8. The van der Waals surface area contributed by atoms with Crippen LogP contribution in [0.25, 0.3) is 111 Å². The molecular formula is C143H138N4. The lowest BCUT2D eigenvalue weighted by atomic mass is 9.67. The van der Waals surface area contributed by atoms with Crippen LogP contribution in [0.3, 0.4) is 0 Å². The molecule has 0 unspecified atom stereocenters. The topological polar surface area (TPSA) is 16.3 Å². The molecule has 2 heterocycles. The van der Waals surface area contributed by atoms with Gasteiger partial charge in [0, 0.05) is 72.5 Å². The molecule has 0 saturated heterocycles. The predicted molar refractivity (Wildman–Crippen MR) is 627 cm³/mol. The molecule has 0 fully saturated rings. The molecule has 18 aromatic carbocycles. The molecule has 3 aliphatic rings. The van der Waals surface area contributed by atoms with Gasteiger partial charge in [0.1, 0.15) is 0 Å². The lowest BCUT2D eigenvalue weighted by molar-refractivity contribution is 0.398. The third-order valence-corrected chi connectivity index (χ3v) is 33.4. The first-order chi connectivity index (χ1) is 71.3. The fourth-order valence-electron chi connectivity index (χ4n) is 25.6. The Morgan fingerprint density at radius 1 is 0.204 bits per heavy atom. The summed E-state index contributed by atoms with van der Waals surface area (Å²) in [5, 5.41) is 4.93. The van der Waals surface area contributed by atoms with Crippen molar-refractivity contribution in [2.75, 3.05) is 9.80 Å². The molecule has 730 valence electrons. The molecular weight excluding hydrogens is 1770 g/mol. The number of fused-ring (bicyclic) bond motifs is 15. The van der Waals surface area contributed by atoms with Crippen molar-refractivity contribution in [1.29, 1.82) is 0 Å². The van der Waals surface area contributed by atoms with Crippen molar-refractivity contribution in [3.63, 3.8) is 0 Å². The summed E-state index contributed by atoms with van der Waals surface area (Å²) in [6, 6.07) is 160. The number of unbranched alkanes of at least 4 members (excludes halogenated alkanes) is 10. The van der Waals surface area contributed by atoms with Crippen LogP contribution in [0.2, 0.25) is 0 Å². The van der Waals surface area contributed by atoms with Gasteiger partial charge >= 0.3 is 0 Å². The van der Waals surface area contributed by atoms with Gasteiger partial charge in [-0.25, -0.2) is 0 Å². The Hall–Kier alpha value is -14.8. The van der Waals surface area contributed by atoms with Crippen molar-refractivity contribution in [1.82, 2.24) is 9.13 Å². The maximum atomic E-state index is 2.62. The summed E-state index contributed by atoms with van der Waals surface area (Å²) in [6.07, 6.45) is 18.0. The van der Waals surface area contributed by atoms with Gasteiger partial charge < -0.3 is 18.9 Å². The first-order valence-corrected chi connectivity index (χ1v) is 54.5. The molecule has 3 aliphatic carbocycles. The first-order valence-electron chi connectivity index (χ1n) is 54.5. The minimum Gasteiger partial charge on any atom is -0.311 e. The summed E-state index contributed by atoms with van der Waals surface area (Å²) < 4.78 is 5.02. The number of benzene rings is 18. The van der Waals surface area contributed by atoms with Crippen molar-refractivity contribution >= 4 is 77.7 Å². The second-order valence-electron chi connectivity index (χ2n) is 46.5. The van der Waals surface area contributed by atoms with Gasteiger partial charge in [0.15, 0.2) is 0 Å². The standard InChI is InChI=1S/C143H138N4/c1-15-17-19-21-23-38-90-141(91-39-24-22-20-18-16-2)127-47-33-28-42-117(127)122-85-58-100(92-132(122)141)99-56-71-110(72-57-99)145(112-79-61-102(62-80-112)138(6,7)8)114-83-65-104(66-84-114)143(130-50-36-31-45-120(130)121-46-32-37-51-131(121)143)108-70-89-136-126(96-108)125-95-107(142(128-48-34-29-43-118(128)119-44-30-35-49-129(119)142)103-63-81-113(82-64-103)144(109-40-26-25-27-41-109)111-77-59-101(60-78-111)137(3,4)5)69-88-135(125)147(136)116-75-54-98(55-76-116)97-52-73-115(74-53-97)146-133-86-67-105(139(9,10)11)93-123(133)124-94-106(140(12,13)14)68-87-134(124)146/h25-37,40-89,92-96H,15-24,38-39,90-91H2,1-14H3. The minimum absolute atomic E-state index is 0.00504. The summed E-state index contributed by atoms with van der Waals surface area (Å²) in [4.78, 5) is 4.89. The third-order valence-electron chi connectivity index (χ3n) is 33.4. The number of hydrogen-bond acceptors (Lipinski definition) is 2. The van der Waals surface area contributed by atoms with Crippen LogP contribution in [0.15, 0.2) is 413 Å². The monoisotopic (exact) mass is 1910 g/mol. The molecule has 0 atom stereocenters. The second kappa shape index (κ2) is 38.2. The SMILES string of the molecule is CCCCCCCCC1(CCCCCCCC)c2ccccc2-c2ccc(-c3ccc(N(c4ccc(C(C)(C)C)cc4)c4ccc(C5(c6ccc7c(c6)c6cc(C8(c9ccc(N(c%10ccccc%10)c%10ccc(C(C)(C)C)cc%10)cc9)c9ccccc9-c9ccccc98)ccc6n7-c6ccc(-c7ccc(-n8c9ccc(C(C)(C)C)cc9c9cc(C(C)(C)C)ccc98)cc7)cc6)c6ccccc6-c6ccccc65)cc4)cc3)cc21. The molecule has 0 aliphatic heterocycles. The van der Waals surface area contributed by atoms with E-state index in [1.807, 2.05) is 0 Å². The van der Waals surface area contributed by atoms with E-state index in [2.05, 4.69) is 528 Å². The maximum absolute atomic E-state index is 2.62. The Morgan fingerprint density at radius 3 is 0.837 bits per heavy atom. The van der Waals surface area contributed by atoms with Crippen LogP contribution in [0.1, 0.15) is 265 Å². The maximum Gasteiger partial charge on any atom is 0.0713 e. The van der Waals surface area contributed by atoms with Crippen LogP contribution >= 0.6 is 0 Å². The fraction of sp³-hybridized carbons (Fsp3) is 0.245. The van der Waals surface area contributed by atoms with E-state index in [0.717, 1.165) is 67.7 Å². The van der Waals surface area contributed by atoms with Crippen LogP contribution < -0.4 is 9.80 Å². The van der Waals surface area contributed by atoms with Crippen molar-refractivity contribution < 1.29 is 0 Å². The van der Waals surface area contributed by atoms with E-state index in [9.17, 15) is 0 Å². The zero-order valence-electron chi connectivity index (χ0n) is 88.4. The minimum atomic E-state index is -0.774. The lowest BCUT2D eigenvalue weighted by Gasteiger charge is -2.35. The fourth-order valence-corrected chi connectivity index (χ4v) is 25.6. The molecule has 0 amide bonds. The zero-order valence-corrected chi connectivity index (χ0v) is 88.4. The summed E-state index contributed by atoms with van der Waals surface area (Å²) in [5.74, 6) is 0. The molecule has 23 rings (SSSR count). The van der Waals surface area contributed by atoms with Crippen LogP contribution in [-0.4, -0.2) is 9.13 Å². The smallest absolute Gasteiger partial charge is 0.0713 e. The molecule has 20 aromatic rings. The highest BCUT2D eigenvalue weighted by Crippen LogP contribution is 2.62. The molecule has 4 heteroatoms. The van der Waals surface area contributed by atoms with Crippen LogP contribution in [0.5, 0.6) is 0 Å². The molecule has 0 N–H and O–H groups in total. The molecule has 0 saturated carbocycles. The van der Waals surface area contributed by atoms with E-state index in [4.69, 9.17) is 0 Å². The number of para-hydroxylation sites is 1. The number of anilines is 6. The Bertz CT molecular complexity index is 8090. The number of hydrogen-bond donors (Lipinski definition) is 0. The van der Waals surface area contributed by atoms with Crippen LogP contribution in [0, 0.1) is 0 Å². The Balaban J connectivity index is 0.676. The van der Waals surface area contributed by atoms with Crippen molar-refractivity contribution in [2.45, 2.75) is 225 Å². The zero-order chi connectivity index (χ0) is 101. The summed E-state index contributed by atoms with van der Waals surface area (Å²) in [7, 11) is 0. The predicted octanol–water partition coefficient (Wildman–Crippen LogP) is 39.8. The largest absolute Gasteiger partial charge is 0.311 e. The average Bonchev–Trinajstić information content (AvgIpc) is 1.54. The van der Waals surface area contributed by atoms with E-state index >= 15 is 0 Å².